The fraction of sp³-hybridized carbons (Fsp3) is 0.238. The third-order valence-corrected chi connectivity index (χ3v) is 6.27. The molecule has 1 atom stereocenters. The van der Waals surface area contributed by atoms with E-state index in [1.165, 1.54) is 6.92 Å². The van der Waals surface area contributed by atoms with E-state index in [2.05, 4.69) is 5.32 Å². The predicted molar refractivity (Wildman–Crippen MR) is 106 cm³/mol. The highest BCUT2D eigenvalue weighted by Gasteiger charge is 2.38. The van der Waals surface area contributed by atoms with Crippen LogP contribution in [0.3, 0.4) is 0 Å². The molecule has 6 nitrogen and oxygen atoms in total. The van der Waals surface area contributed by atoms with E-state index in [-0.39, 0.29) is 25.5 Å². The van der Waals surface area contributed by atoms with Crippen molar-refractivity contribution < 1.29 is 22.7 Å². The van der Waals surface area contributed by atoms with Gasteiger partial charge in [0.15, 0.2) is 0 Å². The third-order valence-electron chi connectivity index (χ3n) is 4.52. The van der Waals surface area contributed by atoms with Gasteiger partial charge in [-0.05, 0) is 28.7 Å². The molecule has 0 aliphatic heterocycles. The zero-order valence-corrected chi connectivity index (χ0v) is 16.2. The van der Waals surface area contributed by atoms with E-state index in [0.29, 0.717) is 11.1 Å². The van der Waals surface area contributed by atoms with E-state index in [4.69, 9.17) is 4.74 Å². The van der Waals surface area contributed by atoms with E-state index in [0.717, 1.165) is 11.1 Å². The molecule has 0 saturated heterocycles. The Labute approximate surface area is 164 Å². The Hall–Kier alpha value is -2.93. The summed E-state index contributed by atoms with van der Waals surface area (Å²) < 4.78 is 31.0. The molecule has 1 N–H and O–H groups in total. The SMILES string of the molecule is CC(=O)NCC1=Cc2ccccc2C(S(=O)(=O)C(=O)OCc2ccccc2)C1. The van der Waals surface area contributed by atoms with Crippen molar-refractivity contribution in [3.63, 3.8) is 0 Å². The van der Waals surface area contributed by atoms with Crippen LogP contribution in [0.5, 0.6) is 0 Å². The average Bonchev–Trinajstić information content (AvgIpc) is 2.70. The molecule has 28 heavy (non-hydrogen) atoms. The minimum atomic E-state index is -4.23. The molecule has 1 amide bonds. The first-order chi connectivity index (χ1) is 13.4. The van der Waals surface area contributed by atoms with Gasteiger partial charge in [0.1, 0.15) is 11.9 Å². The number of ether oxygens (including phenoxy) is 1. The lowest BCUT2D eigenvalue weighted by atomic mass is 9.92. The Morgan fingerprint density at radius 3 is 2.46 bits per heavy atom. The summed E-state index contributed by atoms with van der Waals surface area (Å²) in [5.41, 5.74) is 2.73. The number of amides is 1. The molecule has 3 rings (SSSR count). The molecule has 1 unspecified atom stereocenters. The first-order valence-corrected chi connectivity index (χ1v) is 10.4. The Balaban J connectivity index is 1.82. The Kier molecular flexibility index (Phi) is 5.94. The number of rotatable bonds is 5. The lowest BCUT2D eigenvalue weighted by Crippen LogP contribution is -2.29. The van der Waals surface area contributed by atoms with Crippen LogP contribution in [0.1, 0.15) is 35.3 Å². The van der Waals surface area contributed by atoms with E-state index in [9.17, 15) is 18.0 Å². The molecule has 0 heterocycles. The fourth-order valence-electron chi connectivity index (χ4n) is 3.12. The Morgan fingerprint density at radius 1 is 1.07 bits per heavy atom. The van der Waals surface area contributed by atoms with Crippen molar-refractivity contribution in [2.45, 2.75) is 25.2 Å². The van der Waals surface area contributed by atoms with Gasteiger partial charge in [-0.2, -0.15) is 0 Å². The van der Waals surface area contributed by atoms with E-state index in [1.54, 1.807) is 48.5 Å². The number of carbonyl (C=O) groups is 2. The Morgan fingerprint density at radius 2 is 1.75 bits per heavy atom. The number of sulfone groups is 1. The molecule has 7 heteroatoms. The molecule has 1 aliphatic rings. The van der Waals surface area contributed by atoms with Crippen molar-refractivity contribution in [2.75, 3.05) is 6.54 Å². The molecule has 0 bridgehead atoms. The highest BCUT2D eigenvalue weighted by molar-refractivity contribution is 8.05. The zero-order chi connectivity index (χ0) is 20.1. The standard InChI is InChI=1S/C21H21NO5S/c1-15(23)22-13-17-11-18-9-5-6-10-19(18)20(12-17)28(25,26)21(24)27-14-16-7-3-2-4-8-16/h2-11,20H,12-14H2,1H3,(H,22,23). The van der Waals surface area contributed by atoms with Crippen molar-refractivity contribution >= 4 is 27.1 Å². The second kappa shape index (κ2) is 8.39. The topological polar surface area (TPSA) is 89.5 Å². The summed E-state index contributed by atoms with van der Waals surface area (Å²) in [6.07, 6.45) is 1.98. The zero-order valence-electron chi connectivity index (χ0n) is 15.4. The summed E-state index contributed by atoms with van der Waals surface area (Å²) >= 11 is 0. The molecule has 0 radical (unpaired) electrons. The first-order valence-electron chi connectivity index (χ1n) is 8.85. The van der Waals surface area contributed by atoms with E-state index < -0.39 is 20.4 Å². The quantitative estimate of drug-likeness (QED) is 0.779. The van der Waals surface area contributed by atoms with Crippen LogP contribution in [0.15, 0.2) is 60.2 Å². The summed E-state index contributed by atoms with van der Waals surface area (Å²) in [6.45, 7) is 1.52. The molecule has 0 spiro atoms. The van der Waals surface area contributed by atoms with Crippen LogP contribution in [0.25, 0.3) is 6.08 Å². The van der Waals surface area contributed by atoms with Crippen molar-refractivity contribution in [1.82, 2.24) is 5.32 Å². The van der Waals surface area contributed by atoms with Crippen LogP contribution in [0.2, 0.25) is 0 Å². The lowest BCUT2D eigenvalue weighted by molar-refractivity contribution is -0.118. The van der Waals surface area contributed by atoms with Crippen molar-refractivity contribution in [1.29, 1.82) is 0 Å². The van der Waals surface area contributed by atoms with Crippen molar-refractivity contribution in [3.05, 3.63) is 76.9 Å². The molecule has 0 aromatic heterocycles. The van der Waals surface area contributed by atoms with E-state index >= 15 is 0 Å². The van der Waals surface area contributed by atoms with Crippen LogP contribution in [-0.4, -0.2) is 26.2 Å². The van der Waals surface area contributed by atoms with Crippen LogP contribution in [0.4, 0.5) is 4.79 Å². The summed E-state index contributed by atoms with van der Waals surface area (Å²) in [4.78, 5) is 23.6. The maximum Gasteiger partial charge on any atom is 0.425 e. The molecule has 0 fully saturated rings. The van der Waals surface area contributed by atoms with Crippen LogP contribution in [0, 0.1) is 0 Å². The summed E-state index contributed by atoms with van der Waals surface area (Å²) in [5, 5.41) is 0.396. The highest BCUT2D eigenvalue weighted by Crippen LogP contribution is 2.38. The highest BCUT2D eigenvalue weighted by atomic mass is 32.2. The smallest absolute Gasteiger partial charge is 0.425 e. The minimum Gasteiger partial charge on any atom is -0.449 e. The van der Waals surface area contributed by atoms with Crippen LogP contribution < -0.4 is 5.32 Å². The summed E-state index contributed by atoms with van der Waals surface area (Å²) in [5.74, 6) is -0.207. The van der Waals surface area contributed by atoms with Gasteiger partial charge in [-0.3, -0.25) is 4.79 Å². The molecular weight excluding hydrogens is 378 g/mol. The van der Waals surface area contributed by atoms with Crippen LogP contribution >= 0.6 is 0 Å². The lowest BCUT2D eigenvalue weighted by Gasteiger charge is -2.25. The third kappa shape index (κ3) is 4.48. The average molecular weight is 399 g/mol. The monoisotopic (exact) mass is 399 g/mol. The molecule has 1 aliphatic carbocycles. The van der Waals surface area contributed by atoms with Gasteiger partial charge in [-0.25, -0.2) is 13.2 Å². The summed E-state index contributed by atoms with van der Waals surface area (Å²) in [7, 11) is -4.23. The minimum absolute atomic E-state index is 0.109. The summed E-state index contributed by atoms with van der Waals surface area (Å²) in [6, 6.07) is 15.9. The fourth-order valence-corrected chi connectivity index (χ4v) is 4.55. The van der Waals surface area contributed by atoms with Gasteiger partial charge in [0, 0.05) is 13.5 Å². The predicted octanol–water partition coefficient (Wildman–Crippen LogP) is 3.40. The second-order valence-electron chi connectivity index (χ2n) is 6.60. The van der Waals surface area contributed by atoms with Gasteiger partial charge >= 0.3 is 5.30 Å². The van der Waals surface area contributed by atoms with Crippen LogP contribution in [-0.2, 0) is 26.0 Å². The van der Waals surface area contributed by atoms with Gasteiger partial charge in [-0.15, -0.1) is 0 Å². The molecular formula is C21H21NO5S. The maximum atomic E-state index is 13.0. The molecule has 146 valence electrons. The number of hydrogen-bond acceptors (Lipinski definition) is 5. The Bertz CT molecular complexity index is 1010. The van der Waals surface area contributed by atoms with Crippen molar-refractivity contribution in [2.24, 2.45) is 0 Å². The van der Waals surface area contributed by atoms with Gasteiger partial charge < -0.3 is 10.1 Å². The van der Waals surface area contributed by atoms with Crippen molar-refractivity contribution in [3.8, 4) is 0 Å². The number of benzene rings is 2. The number of fused-ring (bicyclic) bond motifs is 1. The molecule has 2 aromatic rings. The number of carbonyl (C=O) groups excluding carboxylic acids is 2. The number of nitrogens with one attached hydrogen (secondary N) is 1. The molecule has 2 aromatic carbocycles. The van der Waals surface area contributed by atoms with Gasteiger partial charge in [-0.1, -0.05) is 60.7 Å². The van der Waals surface area contributed by atoms with E-state index in [1.807, 2.05) is 12.1 Å². The van der Waals surface area contributed by atoms with Gasteiger partial charge in [0.25, 0.3) is 9.84 Å². The first kappa shape index (κ1) is 19.8. The largest absolute Gasteiger partial charge is 0.449 e. The second-order valence-corrected chi connectivity index (χ2v) is 8.60. The van der Waals surface area contributed by atoms with Gasteiger partial charge in [0.05, 0.1) is 0 Å². The maximum absolute atomic E-state index is 13.0. The normalized spacial score (nSPS) is 15.9. The molecule has 0 saturated carbocycles. The number of hydrogen-bond donors (Lipinski definition) is 1. The van der Waals surface area contributed by atoms with Gasteiger partial charge in [0.2, 0.25) is 5.91 Å².